The van der Waals surface area contributed by atoms with Gasteiger partial charge in [-0.25, -0.2) is 0 Å². The zero-order chi connectivity index (χ0) is 38.1. The molecule has 8 rings (SSSR count). The Labute approximate surface area is 344 Å². The lowest BCUT2D eigenvalue weighted by molar-refractivity contribution is 1.18. The van der Waals surface area contributed by atoms with Crippen LogP contribution in [0.4, 0.5) is 0 Å². The molecule has 0 amide bonds. The Balaban J connectivity index is 1.38. The first kappa shape index (κ1) is 38.2. The van der Waals surface area contributed by atoms with Crippen LogP contribution in [0.15, 0.2) is 226 Å². The van der Waals surface area contributed by atoms with E-state index in [1.54, 1.807) is 0 Å². The normalized spacial score (nSPS) is 11.3. The van der Waals surface area contributed by atoms with Crippen LogP contribution >= 0.6 is 39.4 Å². The predicted octanol–water partition coefficient (Wildman–Crippen LogP) is 13.5. The van der Waals surface area contributed by atoms with E-state index in [-0.39, 0.29) is 0 Å². The van der Waals surface area contributed by atoms with Crippen molar-refractivity contribution in [1.29, 1.82) is 0 Å². The highest BCUT2D eigenvalue weighted by Gasteiger charge is 2.27. The van der Waals surface area contributed by atoms with Crippen molar-refractivity contribution in [2.45, 2.75) is 45.8 Å². The van der Waals surface area contributed by atoms with Gasteiger partial charge < -0.3 is 0 Å². The summed E-state index contributed by atoms with van der Waals surface area (Å²) in [5.41, 5.74) is 8.31. The van der Waals surface area contributed by atoms with Gasteiger partial charge in [-0.2, -0.15) is 0 Å². The molecule has 0 aliphatic carbocycles. The Morgan fingerprint density at radius 2 is 0.589 bits per heavy atom. The zero-order valence-corrected chi connectivity index (χ0v) is 35.2. The maximum Gasteiger partial charge on any atom is 0.0164 e. The van der Waals surface area contributed by atoms with Crippen molar-refractivity contribution in [2.75, 3.05) is 0 Å². The fourth-order valence-corrected chi connectivity index (χ4v) is 14.3. The molecule has 0 nitrogen and oxygen atoms in total. The minimum absolute atomic E-state index is 0.707. The van der Waals surface area contributed by atoms with Gasteiger partial charge in [-0.05, 0) is 121 Å². The molecule has 0 aliphatic rings. The van der Waals surface area contributed by atoms with Crippen molar-refractivity contribution in [3.63, 3.8) is 0 Å². The molecule has 0 unspecified atom stereocenters. The van der Waals surface area contributed by atoms with Crippen molar-refractivity contribution in [1.82, 2.24) is 0 Å². The Kier molecular flexibility index (Phi) is 12.6. The van der Waals surface area contributed by atoms with Crippen LogP contribution in [-0.2, 0) is 12.3 Å². The third kappa shape index (κ3) is 8.97. The highest BCUT2D eigenvalue weighted by atomic mass is 32.2. The quantitative estimate of drug-likeness (QED) is 0.107. The van der Waals surface area contributed by atoms with Gasteiger partial charge in [-0.1, -0.05) is 193 Å². The standard InChI is InChI=1S/C52H44P2S2/c1-39-33-35-49(55-45-29-17-7-18-30-45)47(37-53(41-21-9-3-10-22-41)42-23-11-4-12-24-42)51(39)52-40(2)34-36-50(56-46-31-19-8-20-32-46)48(52)38-54(43-25-13-5-14-26-43)44-27-15-6-16-28-44/h3-36H,37-38H2,1-2H3. The molecule has 8 aromatic carbocycles. The number of hydrogen-bond acceptors (Lipinski definition) is 2. The molecule has 0 N–H and O–H groups in total. The average molecular weight is 795 g/mol. The fourth-order valence-electron chi connectivity index (χ4n) is 7.34. The summed E-state index contributed by atoms with van der Waals surface area (Å²) in [6, 6.07) is 76.1. The summed E-state index contributed by atoms with van der Waals surface area (Å²) in [6.07, 6.45) is 1.88. The number of benzene rings is 8. The summed E-state index contributed by atoms with van der Waals surface area (Å²) < 4.78 is 0. The second-order valence-corrected chi connectivity index (χ2v) is 20.5. The van der Waals surface area contributed by atoms with Gasteiger partial charge in [0.1, 0.15) is 0 Å². The molecule has 4 heteroatoms. The maximum atomic E-state index is 2.38. The largest absolute Gasteiger partial charge is 0.0898 e. The van der Waals surface area contributed by atoms with Crippen LogP contribution in [-0.4, -0.2) is 0 Å². The summed E-state index contributed by atoms with van der Waals surface area (Å²) in [5.74, 6) is 0. The van der Waals surface area contributed by atoms with E-state index >= 15 is 0 Å². The van der Waals surface area contributed by atoms with Crippen LogP contribution in [0.5, 0.6) is 0 Å². The molecule has 8 aromatic rings. The summed E-state index contributed by atoms with van der Waals surface area (Å²) in [7, 11) is -1.41. The highest BCUT2D eigenvalue weighted by molar-refractivity contribution is 7.99. The lowest BCUT2D eigenvalue weighted by Gasteiger charge is -2.28. The van der Waals surface area contributed by atoms with E-state index in [1.807, 2.05) is 23.5 Å². The van der Waals surface area contributed by atoms with Crippen molar-refractivity contribution in [3.8, 4) is 11.1 Å². The molecule has 0 aromatic heterocycles. The van der Waals surface area contributed by atoms with E-state index in [1.165, 1.54) is 74.2 Å². The Morgan fingerprint density at radius 3 is 0.875 bits per heavy atom. The van der Waals surface area contributed by atoms with Crippen molar-refractivity contribution in [3.05, 3.63) is 229 Å². The third-order valence-corrected chi connectivity index (χ3v) is 17.2. The lowest BCUT2D eigenvalue weighted by Crippen LogP contribution is -2.15. The molecule has 56 heavy (non-hydrogen) atoms. The Morgan fingerprint density at radius 1 is 0.321 bits per heavy atom. The first-order chi connectivity index (χ1) is 27.6. The van der Waals surface area contributed by atoms with Crippen LogP contribution in [0, 0.1) is 13.8 Å². The molecule has 0 saturated heterocycles. The lowest BCUT2D eigenvalue weighted by atomic mass is 9.89. The van der Waals surface area contributed by atoms with Crippen molar-refractivity contribution < 1.29 is 0 Å². The summed E-state index contributed by atoms with van der Waals surface area (Å²) >= 11 is 3.80. The SMILES string of the molecule is Cc1ccc(Sc2ccccc2)c(CP(c2ccccc2)c2ccccc2)c1-c1c(C)ccc(Sc2ccccc2)c1CP(c1ccccc1)c1ccccc1. The van der Waals surface area contributed by atoms with Crippen LogP contribution < -0.4 is 21.2 Å². The molecule has 0 aliphatic heterocycles. The summed E-state index contributed by atoms with van der Waals surface area (Å²) in [4.78, 5) is 5.18. The van der Waals surface area contributed by atoms with E-state index in [9.17, 15) is 0 Å². The van der Waals surface area contributed by atoms with Gasteiger partial charge >= 0.3 is 0 Å². The Hall–Kier alpha value is -4.68. The van der Waals surface area contributed by atoms with Gasteiger partial charge in [-0.15, -0.1) is 0 Å². The van der Waals surface area contributed by atoms with Crippen LogP contribution in [0.1, 0.15) is 22.3 Å². The molecular weight excluding hydrogens is 751 g/mol. The van der Waals surface area contributed by atoms with Gasteiger partial charge in [0, 0.05) is 31.9 Å². The summed E-state index contributed by atoms with van der Waals surface area (Å²) in [5, 5.41) is 5.61. The average Bonchev–Trinajstić information content (AvgIpc) is 3.26. The number of aryl methyl sites for hydroxylation is 2. The zero-order valence-electron chi connectivity index (χ0n) is 31.8. The smallest absolute Gasteiger partial charge is 0.0164 e. The molecule has 0 fully saturated rings. The topological polar surface area (TPSA) is 0 Å². The molecule has 0 radical (unpaired) electrons. The molecule has 0 atom stereocenters. The van der Waals surface area contributed by atoms with Crippen molar-refractivity contribution in [2.24, 2.45) is 0 Å². The Bertz CT molecular complexity index is 2220. The first-order valence-corrected chi connectivity index (χ1v) is 23.8. The molecule has 274 valence electrons. The second kappa shape index (κ2) is 18.5. The van der Waals surface area contributed by atoms with E-state index in [0.717, 1.165) is 12.3 Å². The second-order valence-electron chi connectivity index (χ2n) is 13.8. The predicted molar refractivity (Wildman–Crippen MR) is 248 cm³/mol. The first-order valence-electron chi connectivity index (χ1n) is 19.1. The third-order valence-electron chi connectivity index (χ3n) is 10.1. The van der Waals surface area contributed by atoms with Crippen LogP contribution in [0.3, 0.4) is 0 Å². The molecule has 0 saturated carbocycles. The van der Waals surface area contributed by atoms with Crippen LogP contribution in [0.25, 0.3) is 11.1 Å². The van der Waals surface area contributed by atoms with Gasteiger partial charge in [0.2, 0.25) is 0 Å². The molecule has 0 spiro atoms. The van der Waals surface area contributed by atoms with E-state index in [2.05, 4.69) is 220 Å². The maximum absolute atomic E-state index is 2.38. The van der Waals surface area contributed by atoms with E-state index < -0.39 is 15.8 Å². The number of hydrogen-bond donors (Lipinski definition) is 0. The monoisotopic (exact) mass is 794 g/mol. The van der Waals surface area contributed by atoms with E-state index in [0.29, 0.717) is 0 Å². The minimum Gasteiger partial charge on any atom is -0.0898 e. The van der Waals surface area contributed by atoms with E-state index in [4.69, 9.17) is 0 Å². The molecule has 0 heterocycles. The summed E-state index contributed by atoms with van der Waals surface area (Å²) in [6.45, 7) is 4.67. The van der Waals surface area contributed by atoms with Crippen LogP contribution in [0.2, 0.25) is 0 Å². The fraction of sp³-hybridized carbons (Fsp3) is 0.0769. The molecule has 0 bridgehead atoms. The van der Waals surface area contributed by atoms with Gasteiger partial charge in [0.25, 0.3) is 0 Å². The van der Waals surface area contributed by atoms with Gasteiger partial charge in [0.05, 0.1) is 0 Å². The minimum atomic E-state index is -0.707. The molecular formula is C52H44P2S2. The number of rotatable bonds is 13. The van der Waals surface area contributed by atoms with Gasteiger partial charge in [-0.3, -0.25) is 0 Å². The highest BCUT2D eigenvalue weighted by Crippen LogP contribution is 2.51. The van der Waals surface area contributed by atoms with Crippen molar-refractivity contribution >= 4 is 60.6 Å². The van der Waals surface area contributed by atoms with Gasteiger partial charge in [0.15, 0.2) is 0 Å².